The van der Waals surface area contributed by atoms with E-state index in [1.165, 1.54) is 0 Å². The molecule has 3 aromatic rings. The Balaban J connectivity index is 2.10. The summed E-state index contributed by atoms with van der Waals surface area (Å²) in [5.74, 6) is 0.773. The van der Waals surface area contributed by atoms with E-state index in [2.05, 4.69) is 0 Å². The molecule has 0 amide bonds. The molecule has 23 heavy (non-hydrogen) atoms. The number of rotatable bonds is 4. The largest absolute Gasteiger partial charge is 0.507 e. The van der Waals surface area contributed by atoms with Crippen molar-refractivity contribution < 1.29 is 14.3 Å². The fourth-order valence-electron chi connectivity index (χ4n) is 2.75. The second kappa shape index (κ2) is 6.16. The van der Waals surface area contributed by atoms with Gasteiger partial charge in [0.15, 0.2) is 0 Å². The molecule has 0 saturated carbocycles. The summed E-state index contributed by atoms with van der Waals surface area (Å²) in [5.41, 5.74) is 2.23. The molecule has 4 nitrogen and oxygen atoms in total. The zero-order chi connectivity index (χ0) is 16.4. The van der Waals surface area contributed by atoms with Crippen LogP contribution in [0.25, 0.3) is 11.0 Å². The Bertz CT molecular complexity index is 909. The first-order valence-electron chi connectivity index (χ1n) is 7.53. The lowest BCUT2D eigenvalue weighted by Gasteiger charge is -2.11. The fraction of sp³-hybridized carbons (Fsp3) is 0.211. The summed E-state index contributed by atoms with van der Waals surface area (Å²) in [6.45, 7) is 2.04. The van der Waals surface area contributed by atoms with Crippen LogP contribution in [0.1, 0.15) is 23.6 Å². The Morgan fingerprint density at radius 3 is 2.65 bits per heavy atom. The van der Waals surface area contributed by atoms with E-state index in [1.807, 2.05) is 25.1 Å². The molecule has 0 aliphatic carbocycles. The van der Waals surface area contributed by atoms with Crippen molar-refractivity contribution in [1.29, 1.82) is 0 Å². The number of methoxy groups -OCH3 is 1. The summed E-state index contributed by atoms with van der Waals surface area (Å²) in [6, 6.07) is 12.7. The Morgan fingerprint density at radius 2 is 1.91 bits per heavy atom. The van der Waals surface area contributed by atoms with Crippen LogP contribution in [0.5, 0.6) is 11.5 Å². The van der Waals surface area contributed by atoms with Gasteiger partial charge in [-0.05, 0) is 41.8 Å². The van der Waals surface area contributed by atoms with Crippen LogP contribution in [-0.2, 0) is 12.8 Å². The van der Waals surface area contributed by atoms with Crippen molar-refractivity contribution in [2.24, 2.45) is 0 Å². The van der Waals surface area contributed by atoms with Crippen molar-refractivity contribution in [1.82, 2.24) is 0 Å². The smallest absolute Gasteiger partial charge is 0.343 e. The van der Waals surface area contributed by atoms with Gasteiger partial charge in [-0.15, -0.1) is 0 Å². The second-order valence-corrected chi connectivity index (χ2v) is 5.38. The number of ether oxygens (including phenoxy) is 1. The molecule has 2 aromatic carbocycles. The van der Waals surface area contributed by atoms with Gasteiger partial charge in [-0.1, -0.05) is 25.1 Å². The number of aryl methyl sites for hydroxylation is 1. The quantitative estimate of drug-likeness (QED) is 0.747. The maximum absolute atomic E-state index is 12.2. The van der Waals surface area contributed by atoms with Crippen molar-refractivity contribution in [3.63, 3.8) is 0 Å². The number of hydrogen-bond donors (Lipinski definition) is 1. The van der Waals surface area contributed by atoms with Gasteiger partial charge in [0.2, 0.25) is 0 Å². The third-order valence-corrected chi connectivity index (χ3v) is 4.04. The van der Waals surface area contributed by atoms with Crippen LogP contribution < -0.4 is 10.4 Å². The van der Waals surface area contributed by atoms with E-state index in [1.54, 1.807) is 31.4 Å². The fourth-order valence-corrected chi connectivity index (χ4v) is 2.75. The molecule has 0 radical (unpaired) electrons. The minimum Gasteiger partial charge on any atom is -0.507 e. The SMILES string of the molecule is CCc1cc(OC)ccc1Cc1c(O)c2ccccc2oc1=O. The van der Waals surface area contributed by atoms with Gasteiger partial charge in [0.05, 0.1) is 18.1 Å². The summed E-state index contributed by atoms with van der Waals surface area (Å²) < 4.78 is 10.6. The molecule has 0 bridgehead atoms. The first kappa shape index (κ1) is 15.2. The molecule has 1 N–H and O–H groups in total. The first-order chi connectivity index (χ1) is 11.1. The zero-order valence-electron chi connectivity index (χ0n) is 13.1. The molecule has 3 rings (SSSR count). The molecule has 118 valence electrons. The minimum absolute atomic E-state index is 0.00489. The third kappa shape index (κ3) is 2.80. The Morgan fingerprint density at radius 1 is 1.13 bits per heavy atom. The number of aromatic hydroxyl groups is 1. The number of para-hydroxylation sites is 1. The van der Waals surface area contributed by atoms with Gasteiger partial charge in [-0.3, -0.25) is 0 Å². The predicted molar refractivity (Wildman–Crippen MR) is 89.3 cm³/mol. The Labute approximate surface area is 134 Å². The average Bonchev–Trinajstić information content (AvgIpc) is 2.58. The lowest BCUT2D eigenvalue weighted by Crippen LogP contribution is -2.09. The highest BCUT2D eigenvalue weighted by Gasteiger charge is 2.15. The van der Waals surface area contributed by atoms with E-state index >= 15 is 0 Å². The highest BCUT2D eigenvalue weighted by atomic mass is 16.5. The van der Waals surface area contributed by atoms with Gasteiger partial charge in [-0.2, -0.15) is 0 Å². The van der Waals surface area contributed by atoms with Crippen molar-refractivity contribution in [2.75, 3.05) is 7.11 Å². The van der Waals surface area contributed by atoms with E-state index in [9.17, 15) is 9.90 Å². The Hall–Kier alpha value is -2.75. The molecular weight excluding hydrogens is 292 g/mol. The summed E-state index contributed by atoms with van der Waals surface area (Å²) in [5, 5.41) is 11.0. The number of fused-ring (bicyclic) bond motifs is 1. The third-order valence-electron chi connectivity index (χ3n) is 4.04. The van der Waals surface area contributed by atoms with Gasteiger partial charge < -0.3 is 14.3 Å². The maximum atomic E-state index is 12.2. The van der Waals surface area contributed by atoms with Crippen LogP contribution >= 0.6 is 0 Å². The van der Waals surface area contributed by atoms with E-state index in [0.717, 1.165) is 23.3 Å². The summed E-state index contributed by atoms with van der Waals surface area (Å²) >= 11 is 0. The van der Waals surface area contributed by atoms with Gasteiger partial charge in [0.1, 0.15) is 17.1 Å². The molecule has 0 spiro atoms. The van der Waals surface area contributed by atoms with Crippen molar-refractivity contribution >= 4 is 11.0 Å². The molecule has 0 unspecified atom stereocenters. The monoisotopic (exact) mass is 310 g/mol. The highest BCUT2D eigenvalue weighted by molar-refractivity contribution is 5.84. The van der Waals surface area contributed by atoms with Crippen LogP contribution in [-0.4, -0.2) is 12.2 Å². The molecule has 0 saturated heterocycles. The lowest BCUT2D eigenvalue weighted by atomic mass is 9.97. The first-order valence-corrected chi connectivity index (χ1v) is 7.53. The van der Waals surface area contributed by atoms with E-state index in [0.29, 0.717) is 17.4 Å². The maximum Gasteiger partial charge on any atom is 0.343 e. The predicted octanol–water partition coefficient (Wildman–Crippen LogP) is 3.66. The van der Waals surface area contributed by atoms with Gasteiger partial charge in [-0.25, -0.2) is 4.79 Å². The zero-order valence-corrected chi connectivity index (χ0v) is 13.1. The molecule has 0 aliphatic heterocycles. The molecule has 1 heterocycles. The summed E-state index contributed by atoms with van der Waals surface area (Å²) in [7, 11) is 1.62. The van der Waals surface area contributed by atoms with Crippen molar-refractivity contribution in [2.45, 2.75) is 19.8 Å². The molecule has 0 atom stereocenters. The van der Waals surface area contributed by atoms with Gasteiger partial charge >= 0.3 is 5.63 Å². The summed E-state index contributed by atoms with van der Waals surface area (Å²) in [4.78, 5) is 12.2. The molecule has 4 heteroatoms. The standard InChI is InChI=1S/C19H18O4/c1-3-12-10-14(22-2)9-8-13(12)11-16-18(20)15-6-4-5-7-17(15)23-19(16)21/h4-10,20H,3,11H2,1-2H3. The topological polar surface area (TPSA) is 59.7 Å². The van der Waals surface area contributed by atoms with Crippen LogP contribution in [0.4, 0.5) is 0 Å². The number of benzene rings is 2. The van der Waals surface area contributed by atoms with E-state index in [4.69, 9.17) is 9.15 Å². The molecule has 0 fully saturated rings. The molecule has 1 aromatic heterocycles. The number of hydrogen-bond acceptors (Lipinski definition) is 4. The lowest BCUT2D eigenvalue weighted by molar-refractivity contribution is 0.414. The van der Waals surface area contributed by atoms with Crippen LogP contribution in [0.15, 0.2) is 51.7 Å². The van der Waals surface area contributed by atoms with Gasteiger partial charge in [0.25, 0.3) is 0 Å². The summed E-state index contributed by atoms with van der Waals surface area (Å²) in [6.07, 6.45) is 1.14. The highest BCUT2D eigenvalue weighted by Crippen LogP contribution is 2.29. The van der Waals surface area contributed by atoms with E-state index < -0.39 is 5.63 Å². The van der Waals surface area contributed by atoms with Crippen molar-refractivity contribution in [3.8, 4) is 11.5 Å². The van der Waals surface area contributed by atoms with Gasteiger partial charge in [0, 0.05) is 6.42 Å². The van der Waals surface area contributed by atoms with E-state index in [-0.39, 0.29) is 11.3 Å². The molecular formula is C19H18O4. The van der Waals surface area contributed by atoms with Crippen LogP contribution in [0.3, 0.4) is 0 Å². The normalized spacial score (nSPS) is 10.9. The average molecular weight is 310 g/mol. The van der Waals surface area contributed by atoms with Crippen molar-refractivity contribution in [3.05, 3.63) is 69.6 Å². The minimum atomic E-state index is -0.501. The second-order valence-electron chi connectivity index (χ2n) is 5.38. The molecule has 0 aliphatic rings. The Kier molecular flexibility index (Phi) is 4.06. The van der Waals surface area contributed by atoms with Crippen LogP contribution in [0.2, 0.25) is 0 Å². The van der Waals surface area contributed by atoms with Crippen LogP contribution in [0, 0.1) is 0 Å².